The lowest BCUT2D eigenvalue weighted by molar-refractivity contribution is 0.302. The van der Waals surface area contributed by atoms with E-state index in [4.69, 9.17) is 20.8 Å². The number of piperidine rings is 1. The van der Waals surface area contributed by atoms with Crippen molar-refractivity contribution in [3.63, 3.8) is 0 Å². The molecule has 1 aromatic carbocycles. The zero-order valence-corrected chi connectivity index (χ0v) is 14.3. The Morgan fingerprint density at radius 2 is 2.33 bits per heavy atom. The summed E-state index contributed by atoms with van der Waals surface area (Å²) in [5.41, 5.74) is 1.53. The van der Waals surface area contributed by atoms with Crippen molar-refractivity contribution in [1.82, 2.24) is 10.3 Å². The van der Waals surface area contributed by atoms with Crippen LogP contribution in [0, 0.1) is 11.7 Å². The van der Waals surface area contributed by atoms with Gasteiger partial charge in [-0.15, -0.1) is 11.6 Å². The predicted octanol–water partition coefficient (Wildman–Crippen LogP) is 4.03. The molecule has 0 saturated carbocycles. The molecule has 130 valence electrons. The molecule has 2 heterocycles. The molecule has 3 rings (SSSR count). The molecule has 1 aliphatic rings. The van der Waals surface area contributed by atoms with Gasteiger partial charge in [-0.3, -0.25) is 0 Å². The highest BCUT2D eigenvalue weighted by molar-refractivity contribution is 6.17. The van der Waals surface area contributed by atoms with E-state index in [-0.39, 0.29) is 5.75 Å². The number of aromatic nitrogens is 1. The number of nitrogens with zero attached hydrogens (tertiary/aromatic N) is 1. The zero-order valence-electron chi connectivity index (χ0n) is 13.6. The first-order valence-corrected chi connectivity index (χ1v) is 8.93. The van der Waals surface area contributed by atoms with Crippen LogP contribution in [0.5, 0.6) is 5.75 Å². The maximum absolute atomic E-state index is 14.1. The molecule has 0 radical (unpaired) electrons. The second-order valence-corrected chi connectivity index (χ2v) is 6.47. The number of nitrogens with one attached hydrogen (secondary N) is 1. The van der Waals surface area contributed by atoms with Crippen LogP contribution in [0.1, 0.15) is 25.0 Å². The molecule has 6 heteroatoms. The average molecular weight is 353 g/mol. The molecule has 1 aromatic heterocycles. The van der Waals surface area contributed by atoms with Crippen LogP contribution in [0.4, 0.5) is 4.39 Å². The molecule has 0 spiro atoms. The van der Waals surface area contributed by atoms with E-state index in [0.29, 0.717) is 36.3 Å². The SMILES string of the molecule is Fc1cc(-c2nc(CC3CCCNC3)co2)ccc1OCCCCl. The Morgan fingerprint density at radius 3 is 3.08 bits per heavy atom. The average Bonchev–Trinajstić information content (AvgIpc) is 3.06. The minimum Gasteiger partial charge on any atom is -0.490 e. The first-order valence-electron chi connectivity index (χ1n) is 8.40. The van der Waals surface area contributed by atoms with Gasteiger partial charge in [0.15, 0.2) is 11.6 Å². The molecule has 1 saturated heterocycles. The molecule has 0 amide bonds. The van der Waals surface area contributed by atoms with Gasteiger partial charge < -0.3 is 14.5 Å². The van der Waals surface area contributed by atoms with Gasteiger partial charge in [0.2, 0.25) is 5.89 Å². The standard InChI is InChI=1S/C18H22ClFN2O2/c19-6-2-8-23-17-5-4-14(10-16(17)20)18-22-15(12-24-18)9-13-3-1-7-21-11-13/h4-5,10,12-13,21H,1-3,6-9,11H2. The van der Waals surface area contributed by atoms with Gasteiger partial charge >= 0.3 is 0 Å². The smallest absolute Gasteiger partial charge is 0.226 e. The molecule has 1 atom stereocenters. The van der Waals surface area contributed by atoms with Crippen LogP contribution in [0.25, 0.3) is 11.5 Å². The zero-order chi connectivity index (χ0) is 16.8. The van der Waals surface area contributed by atoms with E-state index in [1.165, 1.54) is 18.9 Å². The number of benzene rings is 1. The number of hydrogen-bond acceptors (Lipinski definition) is 4. The summed E-state index contributed by atoms with van der Waals surface area (Å²) in [5.74, 6) is 1.34. The fourth-order valence-corrected chi connectivity index (χ4v) is 3.02. The summed E-state index contributed by atoms with van der Waals surface area (Å²) in [6, 6.07) is 4.76. The molecule has 1 unspecified atom stereocenters. The summed E-state index contributed by atoms with van der Waals surface area (Å²) in [6.45, 7) is 2.52. The molecule has 2 aromatic rings. The van der Waals surface area contributed by atoms with E-state index in [1.807, 2.05) is 0 Å². The summed E-state index contributed by atoms with van der Waals surface area (Å²) in [6.07, 6.45) is 5.65. The number of oxazole rings is 1. The lowest BCUT2D eigenvalue weighted by atomic mass is 9.95. The molecule has 24 heavy (non-hydrogen) atoms. The second-order valence-electron chi connectivity index (χ2n) is 6.10. The number of halogens is 2. The Balaban J connectivity index is 1.64. The van der Waals surface area contributed by atoms with E-state index in [1.54, 1.807) is 18.4 Å². The maximum Gasteiger partial charge on any atom is 0.226 e. The fourth-order valence-electron chi connectivity index (χ4n) is 2.91. The van der Waals surface area contributed by atoms with Gasteiger partial charge in [0, 0.05) is 11.4 Å². The van der Waals surface area contributed by atoms with E-state index >= 15 is 0 Å². The summed E-state index contributed by atoms with van der Waals surface area (Å²) in [4.78, 5) is 4.50. The highest BCUT2D eigenvalue weighted by Crippen LogP contribution is 2.26. The van der Waals surface area contributed by atoms with Gasteiger partial charge in [-0.2, -0.15) is 0 Å². The van der Waals surface area contributed by atoms with Gasteiger partial charge in [-0.1, -0.05) is 0 Å². The Hall–Kier alpha value is -1.59. The number of ether oxygens (including phenoxy) is 1. The van der Waals surface area contributed by atoms with Gasteiger partial charge in [0.25, 0.3) is 0 Å². The van der Waals surface area contributed by atoms with Crippen LogP contribution in [-0.4, -0.2) is 30.6 Å². The molecule has 1 aliphatic heterocycles. The molecule has 1 N–H and O–H groups in total. The molecule has 0 aliphatic carbocycles. The van der Waals surface area contributed by atoms with Crippen LogP contribution in [-0.2, 0) is 6.42 Å². The lowest BCUT2D eigenvalue weighted by Crippen LogP contribution is -2.30. The Labute approximate surface area is 146 Å². The van der Waals surface area contributed by atoms with Crippen LogP contribution < -0.4 is 10.1 Å². The highest BCUT2D eigenvalue weighted by Gasteiger charge is 2.17. The third-order valence-electron chi connectivity index (χ3n) is 4.16. The number of hydrogen-bond donors (Lipinski definition) is 1. The van der Waals surface area contributed by atoms with Crippen molar-refractivity contribution in [2.24, 2.45) is 5.92 Å². The van der Waals surface area contributed by atoms with Crippen molar-refractivity contribution in [2.45, 2.75) is 25.7 Å². The van der Waals surface area contributed by atoms with Gasteiger partial charge in [-0.25, -0.2) is 9.37 Å². The minimum atomic E-state index is -0.418. The van der Waals surface area contributed by atoms with Gasteiger partial charge in [-0.05, 0) is 62.9 Å². The largest absolute Gasteiger partial charge is 0.490 e. The number of rotatable bonds is 7. The van der Waals surface area contributed by atoms with Crippen molar-refractivity contribution in [2.75, 3.05) is 25.6 Å². The fraction of sp³-hybridized carbons (Fsp3) is 0.500. The van der Waals surface area contributed by atoms with E-state index < -0.39 is 5.82 Å². The van der Waals surface area contributed by atoms with Crippen molar-refractivity contribution in [1.29, 1.82) is 0 Å². The Morgan fingerprint density at radius 1 is 1.42 bits per heavy atom. The third-order valence-corrected chi connectivity index (χ3v) is 4.43. The van der Waals surface area contributed by atoms with Crippen molar-refractivity contribution in [3.8, 4) is 17.2 Å². The first kappa shape index (κ1) is 17.2. The summed E-state index contributed by atoms with van der Waals surface area (Å²) < 4.78 is 25.0. The Bertz CT molecular complexity index is 656. The monoisotopic (exact) mass is 352 g/mol. The molecule has 4 nitrogen and oxygen atoms in total. The van der Waals surface area contributed by atoms with E-state index in [0.717, 1.165) is 25.2 Å². The first-order chi connectivity index (χ1) is 11.8. The van der Waals surface area contributed by atoms with E-state index in [9.17, 15) is 4.39 Å². The summed E-state index contributed by atoms with van der Waals surface area (Å²) >= 11 is 5.59. The lowest BCUT2D eigenvalue weighted by Gasteiger charge is -2.21. The maximum atomic E-state index is 14.1. The summed E-state index contributed by atoms with van der Waals surface area (Å²) in [7, 11) is 0. The van der Waals surface area contributed by atoms with Crippen molar-refractivity contribution < 1.29 is 13.5 Å². The van der Waals surface area contributed by atoms with Crippen molar-refractivity contribution in [3.05, 3.63) is 36.0 Å². The van der Waals surface area contributed by atoms with Crippen LogP contribution in [0.2, 0.25) is 0 Å². The quantitative estimate of drug-likeness (QED) is 0.603. The third kappa shape index (κ3) is 4.48. The van der Waals surface area contributed by atoms with Crippen LogP contribution >= 0.6 is 11.6 Å². The van der Waals surface area contributed by atoms with Crippen LogP contribution in [0.15, 0.2) is 28.9 Å². The minimum absolute atomic E-state index is 0.226. The normalized spacial score (nSPS) is 17.8. The van der Waals surface area contributed by atoms with Crippen molar-refractivity contribution >= 4 is 11.6 Å². The Kier molecular flexibility index (Phi) is 6.10. The number of alkyl halides is 1. The molecular formula is C18H22ClFN2O2. The summed E-state index contributed by atoms with van der Waals surface area (Å²) in [5, 5.41) is 3.40. The second kappa shape index (κ2) is 8.49. The highest BCUT2D eigenvalue weighted by atomic mass is 35.5. The molecule has 0 bridgehead atoms. The topological polar surface area (TPSA) is 47.3 Å². The molecule has 1 fully saturated rings. The molecular weight excluding hydrogens is 331 g/mol. The van der Waals surface area contributed by atoms with Crippen LogP contribution in [0.3, 0.4) is 0 Å². The van der Waals surface area contributed by atoms with E-state index in [2.05, 4.69) is 10.3 Å². The van der Waals surface area contributed by atoms with Gasteiger partial charge in [0.1, 0.15) is 6.26 Å². The van der Waals surface area contributed by atoms with Gasteiger partial charge in [0.05, 0.1) is 12.3 Å². The predicted molar refractivity (Wildman–Crippen MR) is 92.0 cm³/mol.